The second kappa shape index (κ2) is 4.19. The van der Waals surface area contributed by atoms with Crippen LogP contribution in [0.3, 0.4) is 0 Å². The number of ether oxygens (including phenoxy) is 1. The van der Waals surface area contributed by atoms with E-state index >= 15 is 0 Å². The van der Waals surface area contributed by atoms with Crippen LogP contribution in [-0.4, -0.2) is 19.3 Å². The molecule has 1 heterocycles. The quantitative estimate of drug-likeness (QED) is 0.608. The third-order valence-corrected chi connectivity index (χ3v) is 6.67. The molecule has 4 unspecified atom stereocenters. The van der Waals surface area contributed by atoms with Gasteiger partial charge in [-0.1, -0.05) is 6.92 Å². The molecule has 3 nitrogen and oxygen atoms in total. The third kappa shape index (κ3) is 1.89. The zero-order chi connectivity index (χ0) is 13.1. The van der Waals surface area contributed by atoms with Gasteiger partial charge in [0.2, 0.25) is 0 Å². The third-order valence-electron chi connectivity index (χ3n) is 6.67. The largest absolute Gasteiger partial charge is 0.381 e. The number of hydrogen-bond acceptors (Lipinski definition) is 3. The van der Waals surface area contributed by atoms with Crippen LogP contribution < -0.4 is 11.3 Å². The molecule has 4 bridgehead atoms. The van der Waals surface area contributed by atoms with E-state index in [-0.39, 0.29) is 0 Å². The van der Waals surface area contributed by atoms with Crippen molar-refractivity contribution in [3.63, 3.8) is 0 Å². The molecule has 4 atom stereocenters. The minimum Gasteiger partial charge on any atom is -0.381 e. The molecule has 0 radical (unpaired) electrons. The highest BCUT2D eigenvalue weighted by Gasteiger charge is 2.59. The van der Waals surface area contributed by atoms with Crippen molar-refractivity contribution in [2.45, 2.75) is 57.9 Å². The first-order chi connectivity index (χ1) is 9.12. The first kappa shape index (κ1) is 12.6. The predicted molar refractivity (Wildman–Crippen MR) is 75.3 cm³/mol. The molecule has 0 amide bonds. The Hall–Kier alpha value is -0.120. The Morgan fingerprint density at radius 1 is 1.21 bits per heavy atom. The standard InChI is InChI=1S/C16H28N2O/c1-15-5-11-4-12(6-15)8-16(7-11,10-15)14(18-17)13-2-3-19-9-13/h11-14,18H,2-10,17H2,1H3. The van der Waals surface area contributed by atoms with Crippen LogP contribution in [0.5, 0.6) is 0 Å². The molecule has 5 fully saturated rings. The van der Waals surface area contributed by atoms with Crippen molar-refractivity contribution < 1.29 is 4.74 Å². The molecule has 108 valence electrons. The second-order valence-corrected chi connectivity index (χ2v) is 8.40. The Morgan fingerprint density at radius 3 is 2.47 bits per heavy atom. The Labute approximate surface area is 116 Å². The van der Waals surface area contributed by atoms with Gasteiger partial charge in [0.25, 0.3) is 0 Å². The molecular formula is C16H28N2O. The second-order valence-electron chi connectivity index (χ2n) is 8.40. The molecule has 0 aromatic carbocycles. The summed E-state index contributed by atoms with van der Waals surface area (Å²) in [5.74, 6) is 8.61. The molecular weight excluding hydrogens is 236 g/mol. The van der Waals surface area contributed by atoms with Crippen molar-refractivity contribution >= 4 is 0 Å². The van der Waals surface area contributed by atoms with E-state index in [0.29, 0.717) is 22.8 Å². The van der Waals surface area contributed by atoms with Crippen molar-refractivity contribution in [1.29, 1.82) is 0 Å². The lowest BCUT2D eigenvalue weighted by Crippen LogP contribution is -2.62. The molecule has 1 saturated heterocycles. The summed E-state index contributed by atoms with van der Waals surface area (Å²) in [4.78, 5) is 0. The summed E-state index contributed by atoms with van der Waals surface area (Å²) >= 11 is 0. The number of nitrogens with one attached hydrogen (secondary N) is 1. The summed E-state index contributed by atoms with van der Waals surface area (Å²) in [5, 5.41) is 0. The highest BCUT2D eigenvalue weighted by Crippen LogP contribution is 2.66. The fourth-order valence-corrected chi connectivity index (χ4v) is 6.79. The lowest BCUT2D eigenvalue weighted by atomic mass is 9.42. The molecule has 0 aromatic rings. The summed E-state index contributed by atoms with van der Waals surface area (Å²) in [5.41, 5.74) is 4.33. The van der Waals surface area contributed by atoms with Gasteiger partial charge in [-0.2, -0.15) is 0 Å². The van der Waals surface area contributed by atoms with Crippen LogP contribution in [0.25, 0.3) is 0 Å². The van der Waals surface area contributed by atoms with Crippen LogP contribution in [0.1, 0.15) is 51.9 Å². The number of hydrogen-bond donors (Lipinski definition) is 2. The smallest absolute Gasteiger partial charge is 0.0510 e. The molecule has 0 spiro atoms. The number of nitrogens with two attached hydrogens (primary N) is 1. The van der Waals surface area contributed by atoms with Crippen LogP contribution in [0, 0.1) is 28.6 Å². The van der Waals surface area contributed by atoms with Gasteiger partial charge in [-0.25, -0.2) is 0 Å². The van der Waals surface area contributed by atoms with Gasteiger partial charge in [-0.15, -0.1) is 0 Å². The number of hydrazine groups is 1. The van der Waals surface area contributed by atoms with E-state index in [1.54, 1.807) is 0 Å². The van der Waals surface area contributed by atoms with Crippen LogP contribution in [0.4, 0.5) is 0 Å². The van der Waals surface area contributed by atoms with E-state index in [4.69, 9.17) is 10.6 Å². The Kier molecular flexibility index (Phi) is 2.78. The van der Waals surface area contributed by atoms with Gasteiger partial charge in [-0.3, -0.25) is 11.3 Å². The molecule has 4 saturated carbocycles. The normalized spacial score (nSPS) is 53.7. The van der Waals surface area contributed by atoms with E-state index in [2.05, 4.69) is 12.3 Å². The van der Waals surface area contributed by atoms with Gasteiger partial charge < -0.3 is 4.74 Å². The van der Waals surface area contributed by atoms with Crippen LogP contribution >= 0.6 is 0 Å². The van der Waals surface area contributed by atoms with Crippen molar-refractivity contribution in [2.24, 2.45) is 34.4 Å². The first-order valence-electron chi connectivity index (χ1n) is 8.16. The van der Waals surface area contributed by atoms with Crippen LogP contribution in [0.2, 0.25) is 0 Å². The Balaban J connectivity index is 1.64. The maximum absolute atomic E-state index is 6.01. The number of rotatable bonds is 3. The van der Waals surface area contributed by atoms with Gasteiger partial charge in [-0.05, 0) is 67.6 Å². The minimum absolute atomic E-state index is 0.478. The minimum atomic E-state index is 0.478. The van der Waals surface area contributed by atoms with Gasteiger partial charge in [0.05, 0.1) is 6.61 Å². The summed E-state index contributed by atoms with van der Waals surface area (Å²) in [7, 11) is 0. The molecule has 5 aliphatic rings. The topological polar surface area (TPSA) is 47.3 Å². The first-order valence-corrected chi connectivity index (χ1v) is 8.16. The van der Waals surface area contributed by atoms with Gasteiger partial charge in [0.1, 0.15) is 0 Å². The maximum atomic E-state index is 6.01. The van der Waals surface area contributed by atoms with E-state index < -0.39 is 0 Å². The van der Waals surface area contributed by atoms with Gasteiger partial charge >= 0.3 is 0 Å². The SMILES string of the molecule is CC12CC3CC(C1)CC(C(NN)C1CCOC1)(C3)C2. The van der Waals surface area contributed by atoms with Crippen molar-refractivity contribution in [3.8, 4) is 0 Å². The monoisotopic (exact) mass is 264 g/mol. The highest BCUT2D eigenvalue weighted by molar-refractivity contribution is 5.10. The summed E-state index contributed by atoms with van der Waals surface area (Å²) in [6.07, 6.45) is 9.89. The van der Waals surface area contributed by atoms with Gasteiger partial charge in [0, 0.05) is 18.6 Å². The average Bonchev–Trinajstić information content (AvgIpc) is 2.79. The molecule has 0 aromatic heterocycles. The van der Waals surface area contributed by atoms with E-state index in [1.165, 1.54) is 44.9 Å². The predicted octanol–water partition coefficient (Wildman–Crippen LogP) is 2.46. The van der Waals surface area contributed by atoms with E-state index in [1.807, 2.05) is 0 Å². The molecule has 19 heavy (non-hydrogen) atoms. The summed E-state index contributed by atoms with van der Waals surface area (Å²) in [6.45, 7) is 4.39. The van der Waals surface area contributed by atoms with E-state index in [0.717, 1.165) is 25.0 Å². The molecule has 5 rings (SSSR count). The van der Waals surface area contributed by atoms with E-state index in [9.17, 15) is 0 Å². The average molecular weight is 264 g/mol. The van der Waals surface area contributed by atoms with Crippen molar-refractivity contribution in [2.75, 3.05) is 13.2 Å². The Bertz CT molecular complexity index is 350. The fraction of sp³-hybridized carbons (Fsp3) is 1.00. The highest BCUT2D eigenvalue weighted by atomic mass is 16.5. The van der Waals surface area contributed by atoms with Crippen LogP contribution in [0.15, 0.2) is 0 Å². The van der Waals surface area contributed by atoms with Crippen molar-refractivity contribution in [1.82, 2.24) is 5.43 Å². The summed E-state index contributed by atoms with van der Waals surface area (Å²) in [6, 6.07) is 0.486. The zero-order valence-electron chi connectivity index (χ0n) is 12.2. The molecule has 1 aliphatic heterocycles. The Morgan fingerprint density at radius 2 is 1.95 bits per heavy atom. The lowest BCUT2D eigenvalue weighted by molar-refractivity contribution is -0.126. The maximum Gasteiger partial charge on any atom is 0.0510 e. The molecule has 3 heteroatoms. The molecule has 3 N–H and O–H groups in total. The van der Waals surface area contributed by atoms with Crippen LogP contribution in [-0.2, 0) is 4.74 Å². The fourth-order valence-electron chi connectivity index (χ4n) is 6.79. The van der Waals surface area contributed by atoms with Gasteiger partial charge in [0.15, 0.2) is 0 Å². The van der Waals surface area contributed by atoms with Crippen molar-refractivity contribution in [3.05, 3.63) is 0 Å². The zero-order valence-corrected chi connectivity index (χ0v) is 12.2. The molecule has 4 aliphatic carbocycles. The lowest BCUT2D eigenvalue weighted by Gasteiger charge is -2.64. The summed E-state index contributed by atoms with van der Waals surface area (Å²) < 4.78 is 5.63.